The van der Waals surface area contributed by atoms with Crippen LogP contribution in [0, 0.1) is 5.92 Å². The summed E-state index contributed by atoms with van der Waals surface area (Å²) in [5.74, 6) is 1.27. The predicted molar refractivity (Wildman–Crippen MR) is 109 cm³/mol. The molecule has 0 bridgehead atoms. The van der Waals surface area contributed by atoms with Crippen LogP contribution in [0.5, 0.6) is 0 Å². The van der Waals surface area contributed by atoms with Gasteiger partial charge in [-0.15, -0.1) is 11.3 Å². The molecule has 1 unspecified atom stereocenters. The van der Waals surface area contributed by atoms with Crippen molar-refractivity contribution in [2.75, 3.05) is 63.5 Å². The van der Waals surface area contributed by atoms with Crippen molar-refractivity contribution in [3.05, 3.63) is 17.5 Å². The standard InChI is InChI=1S/C17H29N5O2S2/c1-3-18-17(19-13-15-6-7-22(14-15)26(2,23)24)21-10-8-20(9-11-21)16-5-4-12-25-16/h4-5,12,15H,3,6-11,13-14H2,1-2H3,(H,18,19). The van der Waals surface area contributed by atoms with Crippen molar-refractivity contribution in [1.29, 1.82) is 0 Å². The SMILES string of the molecule is CCNC(=NCC1CCN(S(C)(=O)=O)C1)N1CCN(c2cccs2)CC1. The molecule has 9 heteroatoms. The molecule has 0 aliphatic carbocycles. The van der Waals surface area contributed by atoms with Crippen LogP contribution >= 0.6 is 11.3 Å². The van der Waals surface area contributed by atoms with Crippen LogP contribution in [-0.4, -0.2) is 82.2 Å². The van der Waals surface area contributed by atoms with E-state index >= 15 is 0 Å². The van der Waals surface area contributed by atoms with Gasteiger partial charge in [-0.3, -0.25) is 4.99 Å². The van der Waals surface area contributed by atoms with E-state index in [0.29, 0.717) is 25.6 Å². The molecule has 0 radical (unpaired) electrons. The van der Waals surface area contributed by atoms with Crippen molar-refractivity contribution in [3.63, 3.8) is 0 Å². The fraction of sp³-hybridized carbons (Fsp3) is 0.706. The monoisotopic (exact) mass is 399 g/mol. The first-order chi connectivity index (χ1) is 12.5. The molecule has 1 aromatic heterocycles. The summed E-state index contributed by atoms with van der Waals surface area (Å²) in [4.78, 5) is 9.56. The van der Waals surface area contributed by atoms with Crippen LogP contribution in [0.2, 0.25) is 0 Å². The normalized spacial score (nSPS) is 22.8. The van der Waals surface area contributed by atoms with E-state index in [0.717, 1.165) is 45.1 Å². The van der Waals surface area contributed by atoms with E-state index in [-0.39, 0.29) is 0 Å². The zero-order valence-corrected chi connectivity index (χ0v) is 17.2. The van der Waals surface area contributed by atoms with Crippen molar-refractivity contribution in [1.82, 2.24) is 14.5 Å². The van der Waals surface area contributed by atoms with Crippen LogP contribution in [-0.2, 0) is 10.0 Å². The topological polar surface area (TPSA) is 68.2 Å². The lowest BCUT2D eigenvalue weighted by Gasteiger charge is -2.37. The van der Waals surface area contributed by atoms with E-state index in [9.17, 15) is 8.42 Å². The van der Waals surface area contributed by atoms with E-state index in [2.05, 4.69) is 39.6 Å². The highest BCUT2D eigenvalue weighted by Gasteiger charge is 2.28. The maximum absolute atomic E-state index is 11.7. The molecule has 1 aromatic rings. The Labute approximate surface area is 160 Å². The second kappa shape index (κ2) is 8.58. The summed E-state index contributed by atoms with van der Waals surface area (Å²) in [6.45, 7) is 8.70. The van der Waals surface area contributed by atoms with Gasteiger partial charge in [-0.05, 0) is 36.8 Å². The Morgan fingerprint density at radius 3 is 2.65 bits per heavy atom. The lowest BCUT2D eigenvalue weighted by Crippen LogP contribution is -2.52. The number of guanidine groups is 1. The fourth-order valence-corrected chi connectivity index (χ4v) is 5.18. The first-order valence-electron chi connectivity index (χ1n) is 9.24. The minimum absolute atomic E-state index is 0.311. The first kappa shape index (κ1) is 19.4. The number of sulfonamides is 1. The van der Waals surface area contributed by atoms with Crippen molar-refractivity contribution in [2.45, 2.75) is 13.3 Å². The molecule has 7 nitrogen and oxygen atoms in total. The molecule has 1 N–H and O–H groups in total. The molecule has 0 amide bonds. The Morgan fingerprint density at radius 2 is 2.08 bits per heavy atom. The van der Waals surface area contributed by atoms with Crippen LogP contribution in [0.15, 0.2) is 22.5 Å². The maximum atomic E-state index is 11.7. The van der Waals surface area contributed by atoms with Crippen LogP contribution in [0.1, 0.15) is 13.3 Å². The molecule has 2 aliphatic heterocycles. The summed E-state index contributed by atoms with van der Waals surface area (Å²) in [5, 5.41) is 6.85. The molecule has 0 saturated carbocycles. The molecule has 2 fully saturated rings. The van der Waals surface area contributed by atoms with Gasteiger partial charge in [-0.2, -0.15) is 0 Å². The molecule has 3 rings (SSSR count). The largest absolute Gasteiger partial charge is 0.360 e. The third-order valence-corrected chi connectivity index (χ3v) is 7.15. The van der Waals surface area contributed by atoms with Crippen molar-refractivity contribution < 1.29 is 8.42 Å². The molecule has 146 valence electrons. The van der Waals surface area contributed by atoms with Crippen LogP contribution in [0.4, 0.5) is 5.00 Å². The highest BCUT2D eigenvalue weighted by molar-refractivity contribution is 7.88. The summed E-state index contributed by atoms with van der Waals surface area (Å²) in [6, 6.07) is 4.27. The Hall–Kier alpha value is -1.32. The van der Waals surface area contributed by atoms with E-state index < -0.39 is 10.0 Å². The summed E-state index contributed by atoms with van der Waals surface area (Å²) in [7, 11) is -3.08. The number of piperazine rings is 1. The Morgan fingerprint density at radius 1 is 1.31 bits per heavy atom. The molecule has 3 heterocycles. The summed E-state index contributed by atoms with van der Waals surface area (Å²) < 4.78 is 24.9. The van der Waals surface area contributed by atoms with Gasteiger partial charge in [0.15, 0.2) is 5.96 Å². The Bertz CT molecular complexity index is 697. The minimum Gasteiger partial charge on any atom is -0.360 e. The zero-order chi connectivity index (χ0) is 18.6. The maximum Gasteiger partial charge on any atom is 0.211 e. The van der Waals surface area contributed by atoms with E-state index in [1.54, 1.807) is 15.6 Å². The molecular weight excluding hydrogens is 370 g/mol. The molecule has 0 spiro atoms. The van der Waals surface area contributed by atoms with Gasteiger partial charge >= 0.3 is 0 Å². The lowest BCUT2D eigenvalue weighted by atomic mass is 10.1. The summed E-state index contributed by atoms with van der Waals surface area (Å²) in [5.41, 5.74) is 0. The van der Waals surface area contributed by atoms with Gasteiger partial charge in [0.05, 0.1) is 11.3 Å². The average Bonchev–Trinajstić information content (AvgIpc) is 3.30. The number of anilines is 1. The fourth-order valence-electron chi connectivity index (χ4n) is 3.48. The quantitative estimate of drug-likeness (QED) is 0.594. The molecule has 2 saturated heterocycles. The second-order valence-corrected chi connectivity index (χ2v) is 9.80. The van der Waals surface area contributed by atoms with E-state index in [1.165, 1.54) is 11.3 Å². The second-order valence-electron chi connectivity index (χ2n) is 6.90. The van der Waals surface area contributed by atoms with Gasteiger partial charge in [0.1, 0.15) is 0 Å². The summed E-state index contributed by atoms with van der Waals surface area (Å²) in [6.07, 6.45) is 2.18. The number of hydrogen-bond acceptors (Lipinski definition) is 5. The third-order valence-electron chi connectivity index (χ3n) is 4.95. The number of hydrogen-bond donors (Lipinski definition) is 1. The van der Waals surface area contributed by atoms with Crippen LogP contribution in [0.3, 0.4) is 0 Å². The van der Waals surface area contributed by atoms with Crippen molar-refractivity contribution in [2.24, 2.45) is 10.9 Å². The Kier molecular flexibility index (Phi) is 6.42. The van der Waals surface area contributed by atoms with Gasteiger partial charge in [-0.1, -0.05) is 0 Å². The number of aliphatic imine (C=N–C) groups is 1. The smallest absolute Gasteiger partial charge is 0.211 e. The molecule has 0 aromatic carbocycles. The van der Waals surface area contributed by atoms with Gasteiger partial charge < -0.3 is 15.1 Å². The number of nitrogens with one attached hydrogen (secondary N) is 1. The highest BCUT2D eigenvalue weighted by atomic mass is 32.2. The Balaban J connectivity index is 1.55. The third kappa shape index (κ3) is 4.89. The molecule has 1 atom stereocenters. The number of thiophene rings is 1. The van der Waals surface area contributed by atoms with Gasteiger partial charge in [0.2, 0.25) is 10.0 Å². The summed E-state index contributed by atoms with van der Waals surface area (Å²) >= 11 is 1.79. The van der Waals surface area contributed by atoms with Crippen LogP contribution in [0.25, 0.3) is 0 Å². The molecular formula is C17H29N5O2S2. The van der Waals surface area contributed by atoms with E-state index in [1.807, 2.05) is 0 Å². The number of nitrogens with zero attached hydrogens (tertiary/aromatic N) is 4. The van der Waals surface area contributed by atoms with Crippen molar-refractivity contribution in [3.8, 4) is 0 Å². The van der Waals surface area contributed by atoms with Gasteiger partial charge in [0.25, 0.3) is 0 Å². The number of rotatable bonds is 5. The van der Waals surface area contributed by atoms with Gasteiger partial charge in [0, 0.05) is 52.4 Å². The predicted octanol–water partition coefficient (Wildman–Crippen LogP) is 1.12. The lowest BCUT2D eigenvalue weighted by molar-refractivity contribution is 0.372. The zero-order valence-electron chi connectivity index (χ0n) is 15.6. The average molecular weight is 400 g/mol. The van der Waals surface area contributed by atoms with Crippen LogP contribution < -0.4 is 10.2 Å². The van der Waals surface area contributed by atoms with Crippen molar-refractivity contribution >= 4 is 32.3 Å². The van der Waals surface area contributed by atoms with E-state index in [4.69, 9.17) is 4.99 Å². The molecule has 2 aliphatic rings. The first-order valence-corrected chi connectivity index (χ1v) is 12.0. The highest BCUT2D eigenvalue weighted by Crippen LogP contribution is 2.22. The van der Waals surface area contributed by atoms with Gasteiger partial charge in [-0.25, -0.2) is 12.7 Å². The minimum atomic E-state index is -3.08. The molecule has 26 heavy (non-hydrogen) atoms.